The second-order valence-corrected chi connectivity index (χ2v) is 7.06. The zero-order valence-electron chi connectivity index (χ0n) is 12.9. The molecule has 6 nitrogen and oxygen atoms in total. The van der Waals surface area contributed by atoms with Crippen molar-refractivity contribution < 1.29 is 40.3 Å². The number of rotatable bonds is 2. The molecule has 2 N–H and O–H groups in total. The van der Waals surface area contributed by atoms with Gasteiger partial charge in [-0.2, -0.15) is 13.2 Å². The molecule has 1 fully saturated rings. The fourth-order valence-electron chi connectivity index (χ4n) is 1.95. The molecule has 1 aromatic rings. The topological polar surface area (TPSA) is 86.7 Å². The maximum atomic E-state index is 13.9. The number of hydrogen-bond acceptors (Lipinski definition) is 5. The molecular formula is C13H15F5N2O4S. The molecule has 1 aromatic carbocycles. The van der Waals surface area contributed by atoms with Crippen LogP contribution in [0.3, 0.4) is 0 Å². The summed E-state index contributed by atoms with van der Waals surface area (Å²) in [6, 6.07) is 1.74. The molecule has 1 aliphatic heterocycles. The van der Waals surface area contributed by atoms with E-state index in [1.165, 1.54) is 0 Å². The molecule has 0 amide bonds. The van der Waals surface area contributed by atoms with E-state index in [1.54, 1.807) is 4.90 Å². The minimum atomic E-state index is -5.08. The van der Waals surface area contributed by atoms with Crippen LogP contribution >= 0.6 is 0 Å². The van der Waals surface area contributed by atoms with E-state index in [0.29, 0.717) is 26.2 Å². The molecule has 25 heavy (non-hydrogen) atoms. The molecular weight excluding hydrogens is 375 g/mol. The minimum Gasteiger partial charge on any atom is -0.475 e. The molecule has 1 heterocycles. The summed E-state index contributed by atoms with van der Waals surface area (Å²) in [5, 5.41) is 10.2. The van der Waals surface area contributed by atoms with Gasteiger partial charge in [-0.15, -0.1) is 0 Å². The third kappa shape index (κ3) is 6.12. The lowest BCUT2D eigenvalue weighted by molar-refractivity contribution is -0.192. The number of benzene rings is 1. The van der Waals surface area contributed by atoms with Gasteiger partial charge in [0, 0.05) is 32.4 Å². The highest BCUT2D eigenvalue weighted by Gasteiger charge is 2.38. The first-order valence-corrected chi connectivity index (χ1v) is 8.68. The highest BCUT2D eigenvalue weighted by atomic mass is 32.2. The largest absolute Gasteiger partial charge is 0.490 e. The van der Waals surface area contributed by atoms with Crippen molar-refractivity contribution in [3.8, 4) is 0 Å². The maximum absolute atomic E-state index is 13.9. The van der Waals surface area contributed by atoms with Crippen LogP contribution in [0.1, 0.15) is 0 Å². The summed E-state index contributed by atoms with van der Waals surface area (Å²) in [4.78, 5) is 10.1. The van der Waals surface area contributed by atoms with Gasteiger partial charge in [0.2, 0.25) is 0 Å². The highest BCUT2D eigenvalue weighted by molar-refractivity contribution is 7.90. The first-order valence-electron chi connectivity index (χ1n) is 6.79. The number of anilines is 1. The fourth-order valence-corrected chi connectivity index (χ4v) is 2.58. The Kier molecular flexibility index (Phi) is 6.71. The maximum Gasteiger partial charge on any atom is 0.490 e. The SMILES string of the molecule is CS(=O)(=O)c1cc(F)c(N2CCNCC2)c(F)c1.O=C(O)C(F)(F)F. The fraction of sp³-hybridized carbons (Fsp3) is 0.462. The highest BCUT2D eigenvalue weighted by Crippen LogP contribution is 2.27. The van der Waals surface area contributed by atoms with E-state index < -0.39 is 33.6 Å². The van der Waals surface area contributed by atoms with Gasteiger partial charge in [-0.05, 0) is 12.1 Å². The van der Waals surface area contributed by atoms with E-state index in [-0.39, 0.29) is 10.6 Å². The summed E-state index contributed by atoms with van der Waals surface area (Å²) in [7, 11) is -3.61. The van der Waals surface area contributed by atoms with Crippen LogP contribution in [0, 0.1) is 11.6 Å². The van der Waals surface area contributed by atoms with Crippen molar-refractivity contribution >= 4 is 21.5 Å². The predicted octanol–water partition coefficient (Wildman–Crippen LogP) is 1.41. The van der Waals surface area contributed by atoms with E-state index in [0.717, 1.165) is 18.4 Å². The second kappa shape index (κ2) is 7.95. The molecule has 1 saturated heterocycles. The van der Waals surface area contributed by atoms with Gasteiger partial charge >= 0.3 is 12.1 Å². The van der Waals surface area contributed by atoms with Crippen LogP contribution < -0.4 is 10.2 Å². The average Bonchev–Trinajstić information content (AvgIpc) is 2.46. The molecule has 0 atom stereocenters. The lowest BCUT2D eigenvalue weighted by Gasteiger charge is -2.30. The lowest BCUT2D eigenvalue weighted by Crippen LogP contribution is -2.44. The molecule has 1 aliphatic rings. The van der Waals surface area contributed by atoms with Crippen LogP contribution in [0.25, 0.3) is 0 Å². The van der Waals surface area contributed by atoms with Gasteiger partial charge in [0.05, 0.1) is 4.90 Å². The number of alkyl halides is 3. The molecule has 0 aliphatic carbocycles. The Hall–Kier alpha value is -1.95. The Morgan fingerprint density at radius 3 is 1.88 bits per heavy atom. The van der Waals surface area contributed by atoms with Crippen molar-refractivity contribution in [2.75, 3.05) is 37.3 Å². The van der Waals surface area contributed by atoms with Crippen LogP contribution in [-0.2, 0) is 14.6 Å². The summed E-state index contributed by atoms with van der Waals surface area (Å²) in [5.41, 5.74) is -0.149. The Balaban J connectivity index is 0.000000381. The standard InChI is InChI=1S/C11H14F2N2O2S.C2HF3O2/c1-18(16,17)8-6-9(12)11(10(13)7-8)15-4-2-14-3-5-15;3-2(4,5)1(6)7/h6-7,14H,2-5H2,1H3;(H,6,7). The van der Waals surface area contributed by atoms with Crippen molar-refractivity contribution in [2.24, 2.45) is 0 Å². The molecule has 142 valence electrons. The second-order valence-electron chi connectivity index (χ2n) is 5.05. The van der Waals surface area contributed by atoms with E-state index >= 15 is 0 Å². The van der Waals surface area contributed by atoms with Gasteiger partial charge < -0.3 is 15.3 Å². The number of hydrogen-bond donors (Lipinski definition) is 2. The summed E-state index contributed by atoms with van der Waals surface area (Å²) < 4.78 is 82.0. The normalized spacial score (nSPS) is 15.4. The lowest BCUT2D eigenvalue weighted by atomic mass is 10.2. The van der Waals surface area contributed by atoms with Gasteiger partial charge in [0.1, 0.15) is 5.69 Å². The van der Waals surface area contributed by atoms with Crippen molar-refractivity contribution in [3.63, 3.8) is 0 Å². The van der Waals surface area contributed by atoms with Gasteiger partial charge in [-0.25, -0.2) is 22.0 Å². The zero-order valence-corrected chi connectivity index (χ0v) is 13.7. The number of piperazine rings is 1. The van der Waals surface area contributed by atoms with Crippen LogP contribution in [-0.4, -0.2) is 58.1 Å². The molecule has 0 aromatic heterocycles. The summed E-state index contributed by atoms with van der Waals surface area (Å²) in [6.07, 6.45) is -4.16. The van der Waals surface area contributed by atoms with Crippen molar-refractivity contribution in [1.29, 1.82) is 0 Å². The summed E-state index contributed by atoms with van der Waals surface area (Å²) >= 11 is 0. The predicted molar refractivity (Wildman–Crippen MR) is 78.2 cm³/mol. The van der Waals surface area contributed by atoms with E-state index in [2.05, 4.69) is 5.32 Å². The number of carbonyl (C=O) groups is 1. The van der Waals surface area contributed by atoms with E-state index in [1.807, 2.05) is 0 Å². The van der Waals surface area contributed by atoms with Gasteiger partial charge in [0.25, 0.3) is 0 Å². The Labute approximate surface area is 140 Å². The van der Waals surface area contributed by atoms with Crippen LogP contribution in [0.5, 0.6) is 0 Å². The molecule has 0 spiro atoms. The summed E-state index contributed by atoms with van der Waals surface area (Å²) in [5.74, 6) is -4.43. The molecule has 0 radical (unpaired) electrons. The number of sulfone groups is 1. The van der Waals surface area contributed by atoms with E-state index in [4.69, 9.17) is 9.90 Å². The summed E-state index contributed by atoms with van der Waals surface area (Å²) in [6.45, 7) is 2.28. The Bertz CT molecular complexity index is 707. The molecule has 2 rings (SSSR count). The first-order chi connectivity index (χ1) is 11.3. The van der Waals surface area contributed by atoms with Crippen LogP contribution in [0.15, 0.2) is 17.0 Å². The van der Waals surface area contributed by atoms with Crippen molar-refractivity contribution in [3.05, 3.63) is 23.8 Å². The van der Waals surface area contributed by atoms with Gasteiger partial charge in [-0.1, -0.05) is 0 Å². The minimum absolute atomic E-state index is 0.149. The molecule has 0 unspecified atom stereocenters. The van der Waals surface area contributed by atoms with Crippen molar-refractivity contribution in [1.82, 2.24) is 5.32 Å². The number of carboxylic acids is 1. The average molecular weight is 390 g/mol. The quantitative estimate of drug-likeness (QED) is 0.743. The smallest absolute Gasteiger partial charge is 0.475 e. The van der Waals surface area contributed by atoms with E-state index in [9.17, 15) is 30.4 Å². The van der Waals surface area contributed by atoms with Gasteiger partial charge in [0.15, 0.2) is 21.5 Å². The number of halogens is 5. The zero-order chi connectivity index (χ0) is 19.4. The van der Waals surface area contributed by atoms with Crippen LogP contribution in [0.2, 0.25) is 0 Å². The third-order valence-corrected chi connectivity index (χ3v) is 4.19. The Morgan fingerprint density at radius 2 is 1.56 bits per heavy atom. The van der Waals surface area contributed by atoms with Gasteiger partial charge in [-0.3, -0.25) is 0 Å². The molecule has 12 heteroatoms. The number of aliphatic carboxylic acids is 1. The van der Waals surface area contributed by atoms with Crippen LogP contribution in [0.4, 0.5) is 27.6 Å². The monoisotopic (exact) mass is 390 g/mol. The third-order valence-electron chi connectivity index (χ3n) is 3.09. The first kappa shape index (κ1) is 21.1. The molecule has 0 saturated carbocycles. The number of nitrogens with one attached hydrogen (secondary N) is 1. The Morgan fingerprint density at radius 1 is 1.16 bits per heavy atom. The van der Waals surface area contributed by atoms with Crippen molar-refractivity contribution in [2.45, 2.75) is 11.1 Å². The number of carboxylic acid groups (broad SMARTS) is 1. The number of nitrogens with zero attached hydrogens (tertiary/aromatic N) is 1. The molecule has 0 bridgehead atoms.